The second-order valence-corrected chi connectivity index (χ2v) is 6.82. The predicted octanol–water partition coefficient (Wildman–Crippen LogP) is 3.95. The van der Waals surface area contributed by atoms with E-state index in [9.17, 15) is 9.59 Å². The Labute approximate surface area is 170 Å². The van der Waals surface area contributed by atoms with Crippen LogP contribution in [0.2, 0.25) is 0 Å². The molecule has 0 aliphatic rings. The minimum atomic E-state index is -0.648. The molecular weight excluding hydrogens is 366 g/mol. The molecule has 0 radical (unpaired) electrons. The molecule has 1 amide bonds. The van der Waals surface area contributed by atoms with Crippen LogP contribution >= 0.6 is 0 Å². The highest BCUT2D eigenvalue weighted by Gasteiger charge is 2.26. The summed E-state index contributed by atoms with van der Waals surface area (Å²) in [7, 11) is 0. The molecule has 150 valence electrons. The summed E-state index contributed by atoms with van der Waals surface area (Å²) in [6.45, 7) is 7.89. The van der Waals surface area contributed by atoms with E-state index >= 15 is 0 Å². The zero-order valence-corrected chi connectivity index (χ0v) is 17.1. The summed E-state index contributed by atoms with van der Waals surface area (Å²) >= 11 is 0. The molecule has 3 rings (SSSR count). The molecule has 3 aromatic rings. The predicted molar refractivity (Wildman–Crippen MR) is 112 cm³/mol. The summed E-state index contributed by atoms with van der Waals surface area (Å²) in [6, 6.07) is 16.7. The van der Waals surface area contributed by atoms with Crippen LogP contribution in [0.1, 0.15) is 47.2 Å². The maximum absolute atomic E-state index is 12.9. The Bertz CT molecular complexity index is 1010. The zero-order valence-electron chi connectivity index (χ0n) is 17.1. The molecule has 0 spiro atoms. The number of ether oxygens (including phenoxy) is 1. The molecule has 0 saturated heterocycles. The average molecular weight is 391 g/mol. The fourth-order valence-electron chi connectivity index (χ4n) is 3.27. The highest BCUT2D eigenvalue weighted by atomic mass is 16.5. The Morgan fingerprint density at radius 3 is 2.34 bits per heavy atom. The Kier molecular flexibility index (Phi) is 6.12. The fraction of sp³-hybridized carbons (Fsp3) is 0.261. The Hall–Kier alpha value is -3.41. The number of hydrogen-bond donors (Lipinski definition) is 1. The molecule has 1 heterocycles. The van der Waals surface area contributed by atoms with E-state index in [2.05, 4.69) is 10.4 Å². The van der Waals surface area contributed by atoms with Crippen molar-refractivity contribution in [1.29, 1.82) is 0 Å². The number of Topliss-reactive ketones (excluding diaryl/α,β-unsaturated/α-hetero) is 1. The molecular formula is C23H25N3O3. The first-order valence-corrected chi connectivity index (χ1v) is 9.62. The van der Waals surface area contributed by atoms with Crippen molar-refractivity contribution in [3.63, 3.8) is 0 Å². The van der Waals surface area contributed by atoms with Crippen LogP contribution in [0.25, 0.3) is 5.69 Å². The second kappa shape index (κ2) is 8.73. The van der Waals surface area contributed by atoms with Gasteiger partial charge in [0.2, 0.25) is 0 Å². The first-order valence-electron chi connectivity index (χ1n) is 9.62. The van der Waals surface area contributed by atoms with E-state index in [-0.39, 0.29) is 6.04 Å². The molecule has 6 nitrogen and oxygen atoms in total. The minimum absolute atomic E-state index is 0.313. The van der Waals surface area contributed by atoms with Crippen molar-refractivity contribution in [3.8, 4) is 11.4 Å². The van der Waals surface area contributed by atoms with Crippen LogP contribution < -0.4 is 10.1 Å². The number of para-hydroxylation sites is 1. The van der Waals surface area contributed by atoms with Gasteiger partial charge in [-0.25, -0.2) is 4.68 Å². The largest absolute Gasteiger partial charge is 0.494 e. The molecule has 0 saturated carbocycles. The van der Waals surface area contributed by atoms with Crippen molar-refractivity contribution in [2.45, 2.75) is 33.7 Å². The van der Waals surface area contributed by atoms with Gasteiger partial charge in [-0.3, -0.25) is 9.59 Å². The molecule has 29 heavy (non-hydrogen) atoms. The van der Waals surface area contributed by atoms with Gasteiger partial charge in [-0.15, -0.1) is 0 Å². The van der Waals surface area contributed by atoms with Crippen LogP contribution in [-0.4, -0.2) is 28.1 Å². The van der Waals surface area contributed by atoms with Crippen LogP contribution in [0, 0.1) is 13.8 Å². The van der Waals surface area contributed by atoms with Gasteiger partial charge in [-0.2, -0.15) is 5.10 Å². The van der Waals surface area contributed by atoms with Crippen molar-refractivity contribution in [3.05, 3.63) is 77.1 Å². The molecule has 2 aromatic carbocycles. The summed E-state index contributed by atoms with van der Waals surface area (Å²) in [4.78, 5) is 25.5. The minimum Gasteiger partial charge on any atom is -0.494 e. The highest BCUT2D eigenvalue weighted by molar-refractivity contribution is 6.43. The Morgan fingerprint density at radius 1 is 1.07 bits per heavy atom. The molecule has 1 aromatic heterocycles. The van der Waals surface area contributed by atoms with Crippen LogP contribution in [0.3, 0.4) is 0 Å². The summed E-state index contributed by atoms with van der Waals surface area (Å²) < 4.78 is 7.12. The van der Waals surface area contributed by atoms with Gasteiger partial charge >= 0.3 is 0 Å². The number of carbonyl (C=O) groups is 2. The summed E-state index contributed by atoms with van der Waals surface area (Å²) in [5.41, 5.74) is 3.24. The Morgan fingerprint density at radius 2 is 1.72 bits per heavy atom. The molecule has 0 aliphatic heterocycles. The lowest BCUT2D eigenvalue weighted by Gasteiger charge is -2.14. The number of hydrogen-bond acceptors (Lipinski definition) is 4. The zero-order chi connectivity index (χ0) is 21.0. The van der Waals surface area contributed by atoms with Gasteiger partial charge in [0.15, 0.2) is 0 Å². The number of aromatic nitrogens is 2. The first kappa shape index (κ1) is 20.3. The SMILES string of the molecule is CCOc1ccc(C(C)NC(=O)C(=O)c2c(C)nn(-c3ccccc3)c2C)cc1. The molecule has 1 unspecified atom stereocenters. The third-order valence-electron chi connectivity index (χ3n) is 4.76. The van der Waals surface area contributed by atoms with Crippen molar-refractivity contribution in [2.75, 3.05) is 6.61 Å². The molecule has 1 N–H and O–H groups in total. The van der Waals surface area contributed by atoms with Gasteiger partial charge in [0, 0.05) is 0 Å². The van der Waals surface area contributed by atoms with Crippen molar-refractivity contribution in [2.24, 2.45) is 0 Å². The monoisotopic (exact) mass is 391 g/mol. The lowest BCUT2D eigenvalue weighted by atomic mass is 10.1. The standard InChI is InChI=1S/C23H25N3O3/c1-5-29-20-13-11-18(12-14-20)15(2)24-23(28)22(27)21-16(3)25-26(17(21)4)19-9-7-6-8-10-19/h6-15H,5H2,1-4H3,(H,24,28). The molecule has 1 atom stereocenters. The van der Waals surface area contributed by atoms with Gasteiger partial charge in [-0.05, 0) is 57.5 Å². The van der Waals surface area contributed by atoms with Crippen molar-refractivity contribution < 1.29 is 14.3 Å². The van der Waals surface area contributed by atoms with Crippen LogP contribution in [0.15, 0.2) is 54.6 Å². The highest BCUT2D eigenvalue weighted by Crippen LogP contribution is 2.20. The number of rotatable bonds is 7. The summed E-state index contributed by atoms with van der Waals surface area (Å²) in [5, 5.41) is 7.23. The first-order chi connectivity index (χ1) is 13.9. The average Bonchev–Trinajstić information content (AvgIpc) is 3.02. The number of carbonyl (C=O) groups excluding carboxylic acids is 2. The maximum atomic E-state index is 12.9. The van der Waals surface area contributed by atoms with Crippen molar-refractivity contribution >= 4 is 11.7 Å². The Balaban J connectivity index is 1.76. The number of aryl methyl sites for hydroxylation is 1. The van der Waals surface area contributed by atoms with Crippen LogP contribution in [0.4, 0.5) is 0 Å². The fourth-order valence-corrected chi connectivity index (χ4v) is 3.27. The third-order valence-corrected chi connectivity index (χ3v) is 4.76. The van der Waals surface area contributed by atoms with E-state index in [1.54, 1.807) is 18.5 Å². The van der Waals surface area contributed by atoms with E-state index < -0.39 is 11.7 Å². The second-order valence-electron chi connectivity index (χ2n) is 6.82. The van der Waals surface area contributed by atoms with E-state index in [0.717, 1.165) is 17.0 Å². The van der Waals surface area contributed by atoms with Gasteiger partial charge in [-0.1, -0.05) is 30.3 Å². The molecule has 0 fully saturated rings. The number of amides is 1. The van der Waals surface area contributed by atoms with E-state index in [1.165, 1.54) is 0 Å². The normalized spacial score (nSPS) is 11.7. The lowest BCUT2D eigenvalue weighted by molar-refractivity contribution is -0.117. The molecule has 0 aliphatic carbocycles. The van der Waals surface area contributed by atoms with E-state index in [0.29, 0.717) is 23.6 Å². The topological polar surface area (TPSA) is 73.2 Å². The van der Waals surface area contributed by atoms with E-state index in [4.69, 9.17) is 4.74 Å². The van der Waals surface area contributed by atoms with Gasteiger partial charge in [0.05, 0.1) is 35.3 Å². The van der Waals surface area contributed by atoms with Gasteiger partial charge in [0.1, 0.15) is 5.75 Å². The molecule has 0 bridgehead atoms. The summed E-state index contributed by atoms with van der Waals surface area (Å²) in [6.07, 6.45) is 0. The smallest absolute Gasteiger partial charge is 0.293 e. The maximum Gasteiger partial charge on any atom is 0.293 e. The number of nitrogens with zero attached hydrogens (tertiary/aromatic N) is 2. The van der Waals surface area contributed by atoms with Crippen molar-refractivity contribution in [1.82, 2.24) is 15.1 Å². The molecule has 6 heteroatoms. The quantitative estimate of drug-likeness (QED) is 0.489. The van der Waals surface area contributed by atoms with Crippen LogP contribution in [-0.2, 0) is 4.79 Å². The third kappa shape index (κ3) is 4.37. The number of benzene rings is 2. The van der Waals surface area contributed by atoms with Crippen LogP contribution in [0.5, 0.6) is 5.75 Å². The number of nitrogens with one attached hydrogen (secondary N) is 1. The van der Waals surface area contributed by atoms with Gasteiger partial charge in [0.25, 0.3) is 11.7 Å². The lowest BCUT2D eigenvalue weighted by Crippen LogP contribution is -2.33. The number of ketones is 1. The van der Waals surface area contributed by atoms with E-state index in [1.807, 2.05) is 68.4 Å². The summed E-state index contributed by atoms with van der Waals surface area (Å²) in [5.74, 6) is -0.462. The van der Waals surface area contributed by atoms with Gasteiger partial charge < -0.3 is 10.1 Å².